The van der Waals surface area contributed by atoms with E-state index in [4.69, 9.17) is 0 Å². The highest BCUT2D eigenvalue weighted by Crippen LogP contribution is 2.40. The first-order valence-corrected chi connectivity index (χ1v) is 7.14. The Hall–Kier alpha value is -0.590. The molecule has 0 saturated carbocycles. The predicted octanol–water partition coefficient (Wildman–Crippen LogP) is 4.91. The van der Waals surface area contributed by atoms with Crippen molar-refractivity contribution in [3.8, 4) is 0 Å². The standard InChI is InChI=1S/C16H28O/c1-6-8-13(9-7-2)15-12(3)10-16(4,5)11-14(15)17/h13H,6-11H2,1-5H3. The Morgan fingerprint density at radius 1 is 1.12 bits per heavy atom. The molecule has 0 unspecified atom stereocenters. The Morgan fingerprint density at radius 2 is 1.65 bits per heavy atom. The van der Waals surface area contributed by atoms with Crippen LogP contribution in [0.15, 0.2) is 11.1 Å². The first kappa shape index (κ1) is 14.5. The van der Waals surface area contributed by atoms with Gasteiger partial charge in [0.05, 0.1) is 0 Å². The second-order valence-electron chi connectivity index (χ2n) is 6.41. The van der Waals surface area contributed by atoms with Crippen LogP contribution in [0.4, 0.5) is 0 Å². The smallest absolute Gasteiger partial charge is 0.159 e. The number of carbonyl (C=O) groups excluding carboxylic acids is 1. The van der Waals surface area contributed by atoms with Crippen LogP contribution >= 0.6 is 0 Å². The number of Topliss-reactive ketones (excluding diaryl/α,β-unsaturated/α-hetero) is 1. The van der Waals surface area contributed by atoms with Crippen LogP contribution in [0.25, 0.3) is 0 Å². The Morgan fingerprint density at radius 3 is 2.06 bits per heavy atom. The number of rotatable bonds is 5. The molecular formula is C16H28O. The lowest BCUT2D eigenvalue weighted by atomic mass is 9.70. The van der Waals surface area contributed by atoms with Crippen molar-refractivity contribution in [2.24, 2.45) is 11.3 Å². The molecule has 0 spiro atoms. The minimum Gasteiger partial charge on any atom is -0.295 e. The molecule has 1 rings (SSSR count). The summed E-state index contributed by atoms with van der Waals surface area (Å²) in [4.78, 5) is 12.4. The maximum Gasteiger partial charge on any atom is 0.159 e. The minimum atomic E-state index is 0.174. The van der Waals surface area contributed by atoms with Gasteiger partial charge >= 0.3 is 0 Å². The summed E-state index contributed by atoms with van der Waals surface area (Å²) in [7, 11) is 0. The van der Waals surface area contributed by atoms with Crippen LogP contribution in [0.3, 0.4) is 0 Å². The summed E-state index contributed by atoms with van der Waals surface area (Å²) in [6.45, 7) is 11.0. The van der Waals surface area contributed by atoms with Crippen molar-refractivity contribution in [1.29, 1.82) is 0 Å². The number of hydrogen-bond donors (Lipinski definition) is 0. The van der Waals surface area contributed by atoms with Crippen molar-refractivity contribution in [2.75, 3.05) is 0 Å². The summed E-state index contributed by atoms with van der Waals surface area (Å²) in [6, 6.07) is 0. The van der Waals surface area contributed by atoms with Gasteiger partial charge in [0.15, 0.2) is 5.78 Å². The maximum atomic E-state index is 12.4. The van der Waals surface area contributed by atoms with Crippen molar-refractivity contribution in [1.82, 2.24) is 0 Å². The number of allylic oxidation sites excluding steroid dienone is 2. The van der Waals surface area contributed by atoms with E-state index >= 15 is 0 Å². The average Bonchev–Trinajstić information content (AvgIpc) is 2.14. The van der Waals surface area contributed by atoms with Gasteiger partial charge in [-0.1, -0.05) is 46.1 Å². The second-order valence-corrected chi connectivity index (χ2v) is 6.41. The highest BCUT2D eigenvalue weighted by molar-refractivity contribution is 5.97. The lowest BCUT2D eigenvalue weighted by Gasteiger charge is -2.34. The summed E-state index contributed by atoms with van der Waals surface area (Å²) in [5, 5.41) is 0. The third-order valence-electron chi connectivity index (χ3n) is 3.83. The quantitative estimate of drug-likeness (QED) is 0.663. The molecule has 1 aliphatic carbocycles. The topological polar surface area (TPSA) is 17.1 Å². The fourth-order valence-electron chi connectivity index (χ4n) is 3.35. The Bertz CT molecular complexity index is 303. The molecule has 0 radical (unpaired) electrons. The molecule has 0 bridgehead atoms. The predicted molar refractivity (Wildman–Crippen MR) is 74.0 cm³/mol. The molecule has 0 atom stereocenters. The van der Waals surface area contributed by atoms with Crippen LogP contribution in [-0.4, -0.2) is 5.78 Å². The lowest BCUT2D eigenvalue weighted by Crippen LogP contribution is -2.28. The van der Waals surface area contributed by atoms with Crippen molar-refractivity contribution in [3.05, 3.63) is 11.1 Å². The zero-order valence-electron chi connectivity index (χ0n) is 12.2. The summed E-state index contributed by atoms with van der Waals surface area (Å²) < 4.78 is 0. The van der Waals surface area contributed by atoms with Crippen LogP contribution < -0.4 is 0 Å². The van der Waals surface area contributed by atoms with Crippen LogP contribution in [0, 0.1) is 11.3 Å². The molecule has 0 N–H and O–H groups in total. The number of ketones is 1. The number of carbonyl (C=O) groups is 1. The molecule has 0 aliphatic heterocycles. The van der Waals surface area contributed by atoms with Crippen LogP contribution in [0.1, 0.15) is 73.1 Å². The van der Waals surface area contributed by atoms with E-state index in [0.717, 1.165) is 12.8 Å². The van der Waals surface area contributed by atoms with Crippen LogP contribution in [0.5, 0.6) is 0 Å². The van der Waals surface area contributed by atoms with Gasteiger partial charge in [0.2, 0.25) is 0 Å². The molecule has 0 aromatic rings. The monoisotopic (exact) mass is 236 g/mol. The fourth-order valence-corrected chi connectivity index (χ4v) is 3.35. The van der Waals surface area contributed by atoms with Gasteiger partial charge in [0.25, 0.3) is 0 Å². The molecule has 0 heterocycles. The van der Waals surface area contributed by atoms with Crippen molar-refractivity contribution in [2.45, 2.75) is 73.1 Å². The van der Waals surface area contributed by atoms with Gasteiger partial charge in [-0.05, 0) is 43.1 Å². The highest BCUT2D eigenvalue weighted by Gasteiger charge is 2.33. The molecule has 1 aliphatic rings. The summed E-state index contributed by atoms with van der Waals surface area (Å²) >= 11 is 0. The van der Waals surface area contributed by atoms with Gasteiger partial charge in [0.1, 0.15) is 0 Å². The molecule has 1 heteroatoms. The van der Waals surface area contributed by atoms with Crippen molar-refractivity contribution >= 4 is 5.78 Å². The molecular weight excluding hydrogens is 208 g/mol. The van der Waals surface area contributed by atoms with Gasteiger partial charge in [-0.3, -0.25) is 4.79 Å². The van der Waals surface area contributed by atoms with Gasteiger partial charge in [0, 0.05) is 6.42 Å². The van der Waals surface area contributed by atoms with E-state index in [1.807, 2.05) is 0 Å². The minimum absolute atomic E-state index is 0.174. The maximum absolute atomic E-state index is 12.4. The van der Waals surface area contributed by atoms with E-state index in [-0.39, 0.29) is 5.41 Å². The van der Waals surface area contributed by atoms with Gasteiger partial charge < -0.3 is 0 Å². The van der Waals surface area contributed by atoms with E-state index in [0.29, 0.717) is 11.7 Å². The molecule has 1 nitrogen and oxygen atoms in total. The highest BCUT2D eigenvalue weighted by atomic mass is 16.1. The molecule has 98 valence electrons. The van der Waals surface area contributed by atoms with Crippen LogP contribution in [-0.2, 0) is 4.79 Å². The molecule has 0 fully saturated rings. The van der Waals surface area contributed by atoms with Crippen molar-refractivity contribution < 1.29 is 4.79 Å². The Balaban J connectivity index is 2.96. The van der Waals surface area contributed by atoms with Crippen LogP contribution in [0.2, 0.25) is 0 Å². The SMILES string of the molecule is CCCC(CCC)C1=C(C)CC(C)(C)CC1=O. The summed E-state index contributed by atoms with van der Waals surface area (Å²) in [5.74, 6) is 0.944. The first-order valence-electron chi connectivity index (χ1n) is 7.14. The summed E-state index contributed by atoms with van der Waals surface area (Å²) in [6.07, 6.45) is 6.54. The molecule has 17 heavy (non-hydrogen) atoms. The van der Waals surface area contributed by atoms with Gasteiger partial charge in [-0.15, -0.1) is 0 Å². The molecule has 0 amide bonds. The first-order chi connectivity index (χ1) is 7.91. The molecule has 0 aromatic carbocycles. The van der Waals surface area contributed by atoms with Gasteiger partial charge in [-0.2, -0.15) is 0 Å². The fraction of sp³-hybridized carbons (Fsp3) is 0.812. The van der Waals surface area contributed by atoms with E-state index in [1.54, 1.807) is 0 Å². The molecule has 0 aromatic heterocycles. The largest absolute Gasteiger partial charge is 0.295 e. The zero-order valence-corrected chi connectivity index (χ0v) is 12.2. The van der Waals surface area contributed by atoms with E-state index in [1.165, 1.54) is 36.8 Å². The zero-order chi connectivity index (χ0) is 13.1. The molecule has 0 saturated heterocycles. The van der Waals surface area contributed by atoms with E-state index in [2.05, 4.69) is 34.6 Å². The Labute approximate surface area is 107 Å². The van der Waals surface area contributed by atoms with Crippen molar-refractivity contribution in [3.63, 3.8) is 0 Å². The third-order valence-corrected chi connectivity index (χ3v) is 3.83. The third kappa shape index (κ3) is 3.69. The lowest BCUT2D eigenvalue weighted by molar-refractivity contribution is -0.118. The number of hydrogen-bond acceptors (Lipinski definition) is 1. The van der Waals surface area contributed by atoms with E-state index in [9.17, 15) is 4.79 Å². The summed E-state index contributed by atoms with van der Waals surface area (Å²) in [5.41, 5.74) is 2.72. The second kappa shape index (κ2) is 5.84. The Kier molecular flexibility index (Phi) is 4.97. The van der Waals surface area contributed by atoms with E-state index < -0.39 is 0 Å². The normalized spacial score (nSPS) is 20.2. The average molecular weight is 236 g/mol. The van der Waals surface area contributed by atoms with Gasteiger partial charge in [-0.25, -0.2) is 0 Å².